The van der Waals surface area contributed by atoms with Gasteiger partial charge in [-0.1, -0.05) is 36.4 Å². The van der Waals surface area contributed by atoms with Crippen LogP contribution in [-0.4, -0.2) is 22.6 Å². The number of likely N-dealkylation sites (tertiary alicyclic amines) is 1. The van der Waals surface area contributed by atoms with E-state index < -0.39 is 0 Å². The van der Waals surface area contributed by atoms with Gasteiger partial charge in [0.25, 0.3) is 5.56 Å². The molecule has 3 atom stereocenters. The van der Waals surface area contributed by atoms with Crippen molar-refractivity contribution in [1.82, 2.24) is 9.47 Å². The first-order valence-corrected chi connectivity index (χ1v) is 8.14. The van der Waals surface area contributed by atoms with Gasteiger partial charge in [-0.05, 0) is 24.0 Å². The second kappa shape index (κ2) is 5.68. The van der Waals surface area contributed by atoms with Crippen LogP contribution in [0, 0.1) is 17.2 Å². The van der Waals surface area contributed by atoms with Gasteiger partial charge in [-0.15, -0.1) is 0 Å². The van der Waals surface area contributed by atoms with Crippen LogP contribution in [0.3, 0.4) is 0 Å². The molecule has 4 nitrogen and oxygen atoms in total. The second-order valence-electron chi connectivity index (χ2n) is 6.59. The Morgan fingerprint density at radius 1 is 1.04 bits per heavy atom. The van der Waals surface area contributed by atoms with Gasteiger partial charge >= 0.3 is 0 Å². The molecule has 0 N–H and O–H groups in total. The predicted molar refractivity (Wildman–Crippen MR) is 87.9 cm³/mol. The number of hydrogen-bond acceptors (Lipinski definition) is 3. The van der Waals surface area contributed by atoms with Crippen LogP contribution < -0.4 is 5.56 Å². The van der Waals surface area contributed by atoms with E-state index in [1.54, 1.807) is 6.07 Å². The van der Waals surface area contributed by atoms with E-state index in [2.05, 4.69) is 17.0 Å². The smallest absolute Gasteiger partial charge is 0.250 e. The highest BCUT2D eigenvalue weighted by Gasteiger charge is 2.37. The first-order chi connectivity index (χ1) is 11.3. The molecule has 4 heteroatoms. The molecule has 116 valence electrons. The van der Waals surface area contributed by atoms with Crippen molar-refractivity contribution in [3.63, 3.8) is 0 Å². The monoisotopic (exact) mass is 305 g/mol. The molecule has 0 radical (unpaired) electrons. The van der Waals surface area contributed by atoms with E-state index in [1.165, 1.54) is 0 Å². The molecule has 1 fully saturated rings. The van der Waals surface area contributed by atoms with Crippen molar-refractivity contribution < 1.29 is 0 Å². The predicted octanol–water partition coefficient (Wildman–Crippen LogP) is 2.53. The number of rotatable bonds is 2. The van der Waals surface area contributed by atoms with Gasteiger partial charge in [0.15, 0.2) is 0 Å². The summed E-state index contributed by atoms with van der Waals surface area (Å²) in [7, 11) is 0. The van der Waals surface area contributed by atoms with E-state index in [1.807, 2.05) is 41.0 Å². The summed E-state index contributed by atoms with van der Waals surface area (Å²) in [6, 6.07) is 17.8. The number of pyridine rings is 1. The van der Waals surface area contributed by atoms with E-state index in [9.17, 15) is 10.1 Å². The van der Waals surface area contributed by atoms with Gasteiger partial charge in [-0.25, -0.2) is 0 Å². The normalized spacial score (nSPS) is 24.5. The first-order valence-electron chi connectivity index (χ1n) is 8.14. The number of nitrogens with zero attached hydrogens (tertiary/aromatic N) is 3. The van der Waals surface area contributed by atoms with Crippen molar-refractivity contribution >= 4 is 0 Å². The minimum absolute atomic E-state index is 0.102. The van der Waals surface area contributed by atoms with Crippen molar-refractivity contribution in [2.24, 2.45) is 5.92 Å². The molecule has 0 amide bonds. The maximum atomic E-state index is 12.1. The Hall–Kier alpha value is -2.38. The van der Waals surface area contributed by atoms with Gasteiger partial charge in [0.1, 0.15) is 6.04 Å². The van der Waals surface area contributed by atoms with Crippen LogP contribution in [0.2, 0.25) is 0 Å². The Kier molecular flexibility index (Phi) is 3.51. The molecular weight excluding hydrogens is 286 g/mol. The van der Waals surface area contributed by atoms with Crippen LogP contribution in [0.4, 0.5) is 0 Å². The van der Waals surface area contributed by atoms with Crippen molar-refractivity contribution in [3.05, 3.63) is 70.1 Å². The molecular formula is C19H19N3O. The van der Waals surface area contributed by atoms with Crippen molar-refractivity contribution in [2.75, 3.05) is 13.1 Å². The minimum atomic E-state index is -0.205. The molecule has 2 aliphatic heterocycles. The highest BCUT2D eigenvalue weighted by atomic mass is 16.1. The number of hydrogen-bond donors (Lipinski definition) is 0. The summed E-state index contributed by atoms with van der Waals surface area (Å²) >= 11 is 0. The van der Waals surface area contributed by atoms with Gasteiger partial charge in [0, 0.05) is 37.3 Å². The Bertz CT molecular complexity index is 805. The number of piperidine rings is 1. The summed E-state index contributed by atoms with van der Waals surface area (Å²) in [5.41, 5.74) is 2.29. The molecule has 2 aliphatic rings. The molecule has 0 aliphatic carbocycles. The van der Waals surface area contributed by atoms with Crippen molar-refractivity contribution in [1.29, 1.82) is 5.26 Å². The molecule has 2 bridgehead atoms. The number of fused-ring (bicyclic) bond motifs is 4. The van der Waals surface area contributed by atoms with Gasteiger partial charge in [0.05, 0.1) is 6.07 Å². The lowest BCUT2D eigenvalue weighted by atomic mass is 9.82. The SMILES string of the molecule is N#CC(c1ccccc1)N1C[C@@H]2C[C@H](C1)c1cccc(=O)n1C2. The minimum Gasteiger partial charge on any atom is -0.312 e. The maximum Gasteiger partial charge on any atom is 0.250 e. The van der Waals surface area contributed by atoms with Crippen molar-refractivity contribution in [2.45, 2.75) is 24.9 Å². The fourth-order valence-electron chi connectivity index (χ4n) is 4.15. The first kappa shape index (κ1) is 14.2. The zero-order chi connectivity index (χ0) is 15.8. The third-order valence-electron chi connectivity index (χ3n) is 5.11. The molecule has 3 heterocycles. The fourth-order valence-corrected chi connectivity index (χ4v) is 4.15. The third kappa shape index (κ3) is 2.47. The Morgan fingerprint density at radius 2 is 1.87 bits per heavy atom. The summed E-state index contributed by atoms with van der Waals surface area (Å²) < 4.78 is 1.93. The summed E-state index contributed by atoms with van der Waals surface area (Å²) in [6.07, 6.45) is 1.12. The van der Waals surface area contributed by atoms with Gasteiger partial charge < -0.3 is 4.57 Å². The number of aromatic nitrogens is 1. The van der Waals surface area contributed by atoms with Gasteiger partial charge in [0.2, 0.25) is 0 Å². The average molecular weight is 305 g/mol. The lowest BCUT2D eigenvalue weighted by Crippen LogP contribution is -2.47. The van der Waals surface area contributed by atoms with E-state index in [0.29, 0.717) is 11.8 Å². The highest BCUT2D eigenvalue weighted by molar-refractivity contribution is 5.25. The quantitative estimate of drug-likeness (QED) is 0.856. The lowest BCUT2D eigenvalue weighted by Gasteiger charge is -2.44. The molecule has 1 saturated heterocycles. The summed E-state index contributed by atoms with van der Waals surface area (Å²) in [6.45, 7) is 2.49. The molecule has 0 saturated carbocycles. The zero-order valence-electron chi connectivity index (χ0n) is 12.9. The average Bonchev–Trinajstić information content (AvgIpc) is 2.58. The van der Waals surface area contributed by atoms with Crippen LogP contribution in [0.1, 0.15) is 29.6 Å². The molecule has 1 aromatic heterocycles. The second-order valence-corrected chi connectivity index (χ2v) is 6.59. The van der Waals surface area contributed by atoms with Crippen LogP contribution in [-0.2, 0) is 6.54 Å². The van der Waals surface area contributed by atoms with Gasteiger partial charge in [-0.3, -0.25) is 9.69 Å². The number of benzene rings is 1. The highest BCUT2D eigenvalue weighted by Crippen LogP contribution is 2.38. The summed E-state index contributed by atoms with van der Waals surface area (Å²) in [5, 5.41) is 9.69. The lowest BCUT2D eigenvalue weighted by molar-refractivity contribution is 0.100. The van der Waals surface area contributed by atoms with Crippen molar-refractivity contribution in [3.8, 4) is 6.07 Å². The van der Waals surface area contributed by atoms with E-state index in [4.69, 9.17) is 0 Å². The molecule has 23 heavy (non-hydrogen) atoms. The van der Waals surface area contributed by atoms with E-state index in [-0.39, 0.29) is 11.6 Å². The maximum absolute atomic E-state index is 12.1. The molecule has 2 aromatic rings. The fraction of sp³-hybridized carbons (Fsp3) is 0.368. The Morgan fingerprint density at radius 3 is 2.65 bits per heavy atom. The van der Waals surface area contributed by atoms with Crippen LogP contribution in [0.25, 0.3) is 0 Å². The molecule has 4 rings (SSSR count). The van der Waals surface area contributed by atoms with E-state index >= 15 is 0 Å². The zero-order valence-corrected chi connectivity index (χ0v) is 12.9. The largest absolute Gasteiger partial charge is 0.312 e. The molecule has 1 aromatic carbocycles. The standard InChI is InChI=1S/C19H19N3O/c20-10-18(15-5-2-1-3-6-15)21-11-14-9-16(13-21)17-7-4-8-19(23)22(17)12-14/h1-8,14,16,18H,9,11-13H2/t14-,16+,18?/m0/s1. The van der Waals surface area contributed by atoms with Crippen LogP contribution in [0.5, 0.6) is 0 Å². The summed E-state index contributed by atoms with van der Waals surface area (Å²) in [4.78, 5) is 14.4. The summed E-state index contributed by atoms with van der Waals surface area (Å²) in [5.74, 6) is 0.789. The third-order valence-corrected chi connectivity index (χ3v) is 5.11. The topological polar surface area (TPSA) is 49.0 Å². The molecule has 1 unspecified atom stereocenters. The van der Waals surface area contributed by atoms with Crippen LogP contribution >= 0.6 is 0 Å². The Labute approximate surface area is 135 Å². The van der Waals surface area contributed by atoms with Gasteiger partial charge in [-0.2, -0.15) is 5.26 Å². The molecule has 0 spiro atoms. The Balaban J connectivity index is 1.66. The number of nitriles is 1. The van der Waals surface area contributed by atoms with E-state index in [0.717, 1.165) is 37.3 Å². The van der Waals surface area contributed by atoms with Crippen LogP contribution in [0.15, 0.2) is 53.3 Å².